The normalized spacial score (nSPS) is 15.2. The van der Waals surface area contributed by atoms with Gasteiger partial charge in [0.25, 0.3) is 5.69 Å². The lowest BCUT2D eigenvalue weighted by Gasteiger charge is -2.02. The first-order valence-electron chi connectivity index (χ1n) is 6.77. The van der Waals surface area contributed by atoms with Gasteiger partial charge in [-0.15, -0.1) is 0 Å². The van der Waals surface area contributed by atoms with Gasteiger partial charge in [-0.05, 0) is 51.8 Å². The maximum Gasteiger partial charge on any atom is 0.363 e. The molecule has 0 bridgehead atoms. The van der Waals surface area contributed by atoms with Gasteiger partial charge in [-0.2, -0.15) is 0 Å². The van der Waals surface area contributed by atoms with Gasteiger partial charge in [0.2, 0.25) is 5.90 Å². The molecule has 0 spiro atoms. The average molecular weight is 442 g/mol. The number of cyclic esters (lactones) is 1. The summed E-state index contributed by atoms with van der Waals surface area (Å²) in [5.74, 6) is -0.629. The molecular formula is C16H7BrCl2N2O4. The van der Waals surface area contributed by atoms with Crippen molar-refractivity contribution in [3.8, 4) is 0 Å². The summed E-state index contributed by atoms with van der Waals surface area (Å²) >= 11 is 15.0. The third-order valence-electron chi connectivity index (χ3n) is 3.25. The van der Waals surface area contributed by atoms with Gasteiger partial charge in [0.1, 0.15) is 0 Å². The van der Waals surface area contributed by atoms with Crippen LogP contribution in [0, 0.1) is 10.1 Å². The van der Waals surface area contributed by atoms with Crippen LogP contribution in [0.25, 0.3) is 6.08 Å². The van der Waals surface area contributed by atoms with E-state index in [9.17, 15) is 14.9 Å². The summed E-state index contributed by atoms with van der Waals surface area (Å²) in [5.41, 5.74) is 0.752. The predicted octanol–water partition coefficient (Wildman–Crippen LogP) is 5.01. The van der Waals surface area contributed by atoms with E-state index in [-0.39, 0.29) is 17.3 Å². The molecule has 1 aliphatic heterocycles. The van der Waals surface area contributed by atoms with Crippen LogP contribution >= 0.6 is 39.1 Å². The molecule has 0 fully saturated rings. The van der Waals surface area contributed by atoms with Crippen LogP contribution in [0.15, 0.2) is 51.6 Å². The number of nitrogens with zero attached hydrogens (tertiary/aromatic N) is 2. The lowest BCUT2D eigenvalue weighted by molar-refractivity contribution is -0.385. The second-order valence-electron chi connectivity index (χ2n) is 4.93. The highest BCUT2D eigenvalue weighted by Crippen LogP contribution is 2.29. The third-order valence-corrected chi connectivity index (χ3v) is 4.47. The number of ether oxygens (including phenoxy) is 1. The van der Waals surface area contributed by atoms with Gasteiger partial charge in [0.05, 0.1) is 20.0 Å². The van der Waals surface area contributed by atoms with E-state index >= 15 is 0 Å². The first kappa shape index (κ1) is 17.6. The third kappa shape index (κ3) is 3.73. The topological polar surface area (TPSA) is 81.8 Å². The van der Waals surface area contributed by atoms with E-state index < -0.39 is 10.9 Å². The highest BCUT2D eigenvalue weighted by molar-refractivity contribution is 9.10. The Morgan fingerprint density at radius 1 is 1.20 bits per heavy atom. The van der Waals surface area contributed by atoms with E-state index in [0.29, 0.717) is 25.6 Å². The summed E-state index contributed by atoms with van der Waals surface area (Å²) in [4.78, 5) is 26.6. The summed E-state index contributed by atoms with van der Waals surface area (Å²) in [6.45, 7) is 0. The van der Waals surface area contributed by atoms with Crippen molar-refractivity contribution in [2.24, 2.45) is 4.99 Å². The predicted molar refractivity (Wildman–Crippen MR) is 97.9 cm³/mol. The molecule has 1 aliphatic rings. The fraction of sp³-hybridized carbons (Fsp3) is 0. The quantitative estimate of drug-likeness (QED) is 0.290. The largest absolute Gasteiger partial charge is 0.402 e. The molecule has 0 unspecified atom stereocenters. The van der Waals surface area contributed by atoms with Crippen LogP contribution in [-0.2, 0) is 9.53 Å². The number of carbonyl (C=O) groups excluding carboxylic acids is 1. The smallest absolute Gasteiger partial charge is 0.363 e. The molecular weight excluding hydrogens is 435 g/mol. The molecule has 25 heavy (non-hydrogen) atoms. The minimum Gasteiger partial charge on any atom is -0.402 e. The number of carbonyl (C=O) groups is 1. The number of aliphatic imine (C=N–C) groups is 1. The van der Waals surface area contributed by atoms with E-state index in [2.05, 4.69) is 20.9 Å². The van der Waals surface area contributed by atoms with Gasteiger partial charge >= 0.3 is 5.97 Å². The van der Waals surface area contributed by atoms with Crippen molar-refractivity contribution >= 4 is 62.8 Å². The Morgan fingerprint density at radius 3 is 2.64 bits per heavy atom. The van der Waals surface area contributed by atoms with E-state index in [4.69, 9.17) is 27.9 Å². The molecule has 3 rings (SSSR count). The summed E-state index contributed by atoms with van der Waals surface area (Å²) in [6, 6.07) is 9.15. The Bertz CT molecular complexity index is 973. The maximum atomic E-state index is 12.0. The SMILES string of the molecule is O=C1OC(c2ccc(Cl)cc2Cl)=N/C1=C\c1ccc(Br)c([N+](=O)[O-])c1. The number of benzene rings is 2. The number of hydrogen-bond donors (Lipinski definition) is 0. The fourth-order valence-corrected chi connectivity index (χ4v) is 2.99. The van der Waals surface area contributed by atoms with Crippen molar-refractivity contribution in [3.63, 3.8) is 0 Å². The Morgan fingerprint density at radius 2 is 1.96 bits per heavy atom. The molecule has 0 atom stereocenters. The molecule has 2 aromatic rings. The highest BCUT2D eigenvalue weighted by atomic mass is 79.9. The van der Waals surface area contributed by atoms with E-state index in [0.717, 1.165) is 0 Å². The minimum absolute atomic E-state index is 0.0117. The second-order valence-corrected chi connectivity index (χ2v) is 6.63. The second kappa shape index (κ2) is 6.95. The molecule has 9 heteroatoms. The van der Waals surface area contributed by atoms with Gasteiger partial charge in [-0.3, -0.25) is 10.1 Å². The molecule has 2 aromatic carbocycles. The molecule has 0 N–H and O–H groups in total. The van der Waals surface area contributed by atoms with Gasteiger partial charge in [-0.1, -0.05) is 29.3 Å². The Labute approximate surface area is 160 Å². The van der Waals surface area contributed by atoms with Crippen LogP contribution in [0.4, 0.5) is 5.69 Å². The average Bonchev–Trinajstić information content (AvgIpc) is 2.89. The van der Waals surface area contributed by atoms with Crippen molar-refractivity contribution in [1.29, 1.82) is 0 Å². The van der Waals surface area contributed by atoms with Gasteiger partial charge in [0, 0.05) is 11.1 Å². The number of nitro benzene ring substituents is 1. The van der Waals surface area contributed by atoms with Crippen LogP contribution in [0.3, 0.4) is 0 Å². The molecule has 0 saturated carbocycles. The van der Waals surface area contributed by atoms with Crippen LogP contribution in [0.5, 0.6) is 0 Å². The van der Waals surface area contributed by atoms with Crippen molar-refractivity contribution in [2.45, 2.75) is 0 Å². The molecule has 0 aromatic heterocycles. The lowest BCUT2D eigenvalue weighted by atomic mass is 10.1. The highest BCUT2D eigenvalue weighted by Gasteiger charge is 2.26. The minimum atomic E-state index is -0.674. The summed E-state index contributed by atoms with van der Waals surface area (Å²) in [6.07, 6.45) is 1.40. The monoisotopic (exact) mass is 440 g/mol. The summed E-state index contributed by atoms with van der Waals surface area (Å²) in [5, 5.41) is 11.7. The zero-order valence-corrected chi connectivity index (χ0v) is 15.3. The summed E-state index contributed by atoms with van der Waals surface area (Å²) in [7, 11) is 0. The maximum absolute atomic E-state index is 12.0. The molecule has 6 nitrogen and oxygen atoms in total. The number of nitro groups is 1. The van der Waals surface area contributed by atoms with Crippen molar-refractivity contribution in [2.75, 3.05) is 0 Å². The molecule has 0 radical (unpaired) electrons. The molecule has 1 heterocycles. The van der Waals surface area contributed by atoms with Gasteiger partial charge in [-0.25, -0.2) is 9.79 Å². The summed E-state index contributed by atoms with van der Waals surface area (Å²) < 4.78 is 5.47. The Balaban J connectivity index is 1.99. The van der Waals surface area contributed by atoms with Gasteiger partial charge < -0.3 is 4.74 Å². The number of hydrogen-bond acceptors (Lipinski definition) is 5. The zero-order chi connectivity index (χ0) is 18.1. The van der Waals surface area contributed by atoms with Crippen molar-refractivity contribution in [1.82, 2.24) is 0 Å². The van der Waals surface area contributed by atoms with E-state index in [1.165, 1.54) is 24.3 Å². The van der Waals surface area contributed by atoms with Gasteiger partial charge in [0.15, 0.2) is 5.70 Å². The van der Waals surface area contributed by atoms with Crippen LogP contribution in [0.2, 0.25) is 10.0 Å². The van der Waals surface area contributed by atoms with Crippen molar-refractivity contribution < 1.29 is 14.5 Å². The van der Waals surface area contributed by atoms with Crippen LogP contribution in [-0.4, -0.2) is 16.8 Å². The molecule has 0 aliphatic carbocycles. The Kier molecular flexibility index (Phi) is 4.89. The van der Waals surface area contributed by atoms with Crippen LogP contribution < -0.4 is 0 Å². The lowest BCUT2D eigenvalue weighted by Crippen LogP contribution is -2.05. The zero-order valence-electron chi connectivity index (χ0n) is 12.2. The first-order valence-corrected chi connectivity index (χ1v) is 8.32. The van der Waals surface area contributed by atoms with Crippen LogP contribution in [0.1, 0.15) is 11.1 Å². The van der Waals surface area contributed by atoms with Crippen molar-refractivity contribution in [3.05, 3.63) is 77.9 Å². The fourth-order valence-electron chi connectivity index (χ4n) is 2.10. The Hall–Kier alpha value is -2.22. The number of halogens is 3. The molecule has 0 saturated heterocycles. The van der Waals surface area contributed by atoms with E-state index in [1.807, 2.05) is 0 Å². The molecule has 0 amide bonds. The first-order chi connectivity index (χ1) is 11.8. The standard InChI is InChI=1S/C16H7BrCl2N2O4/c17-11-4-1-8(6-14(11)21(23)24)5-13-16(22)25-15(20-13)10-3-2-9(18)7-12(10)19/h1-7H/b13-5-. The number of esters is 1. The van der Waals surface area contributed by atoms with E-state index in [1.54, 1.807) is 18.2 Å². The molecule has 126 valence electrons. The number of rotatable bonds is 3.